The average molecular weight is 348 g/mol. The number of benzene rings is 1. The summed E-state index contributed by atoms with van der Waals surface area (Å²) in [5.74, 6) is -2.14. The van der Waals surface area contributed by atoms with Crippen molar-refractivity contribution < 1.29 is 18.7 Å². The fraction of sp³-hybridized carbons (Fsp3) is 0.500. The maximum absolute atomic E-state index is 13.2. The van der Waals surface area contributed by atoms with E-state index in [1.54, 1.807) is 0 Å². The van der Waals surface area contributed by atoms with E-state index in [1.807, 2.05) is 0 Å². The number of hydrogen-bond acceptors (Lipinski definition) is 2. The van der Waals surface area contributed by atoms with Gasteiger partial charge < -0.3 is 10.4 Å². The molecule has 20 heavy (non-hydrogen) atoms. The largest absolute Gasteiger partial charge is 0.396 e. The molecule has 0 heterocycles. The molecule has 1 aromatic carbocycles. The van der Waals surface area contributed by atoms with E-state index in [0.717, 1.165) is 37.8 Å². The van der Waals surface area contributed by atoms with Crippen LogP contribution in [0, 0.1) is 17.6 Å². The summed E-state index contributed by atoms with van der Waals surface area (Å²) in [6.45, 7) is 0.176. The second-order valence-corrected chi connectivity index (χ2v) is 5.97. The molecule has 0 saturated heterocycles. The van der Waals surface area contributed by atoms with Gasteiger partial charge in [0.15, 0.2) is 11.6 Å². The van der Waals surface area contributed by atoms with Gasteiger partial charge in [0.1, 0.15) is 0 Å². The van der Waals surface area contributed by atoms with E-state index >= 15 is 0 Å². The van der Waals surface area contributed by atoms with E-state index in [4.69, 9.17) is 5.11 Å². The van der Waals surface area contributed by atoms with E-state index in [-0.39, 0.29) is 22.7 Å². The topological polar surface area (TPSA) is 49.3 Å². The highest BCUT2D eigenvalue weighted by Gasteiger charge is 2.23. The first-order valence-electron chi connectivity index (χ1n) is 6.57. The number of halogens is 3. The minimum atomic E-state index is -1.04. The van der Waals surface area contributed by atoms with Crippen LogP contribution in [0.2, 0.25) is 0 Å². The van der Waals surface area contributed by atoms with Gasteiger partial charge >= 0.3 is 0 Å². The van der Waals surface area contributed by atoms with Gasteiger partial charge in [-0.3, -0.25) is 4.79 Å². The molecule has 2 N–H and O–H groups in total. The number of aliphatic hydroxyl groups is 1. The second-order valence-electron chi connectivity index (χ2n) is 5.12. The quantitative estimate of drug-likeness (QED) is 0.825. The van der Waals surface area contributed by atoms with Crippen molar-refractivity contribution >= 4 is 21.8 Å². The lowest BCUT2D eigenvalue weighted by Crippen LogP contribution is -2.38. The standard InChI is InChI=1S/C14H16BrF2NO2/c15-11-6-13(17)12(16)5-10(11)14(20)18-9-3-1-8(7-19)2-4-9/h5-6,8-9,19H,1-4,7H2,(H,18,20). The van der Waals surface area contributed by atoms with E-state index in [9.17, 15) is 13.6 Å². The summed E-state index contributed by atoms with van der Waals surface area (Å²) >= 11 is 3.07. The van der Waals surface area contributed by atoms with Crippen molar-refractivity contribution in [3.63, 3.8) is 0 Å². The van der Waals surface area contributed by atoms with Crippen LogP contribution in [0.25, 0.3) is 0 Å². The zero-order valence-electron chi connectivity index (χ0n) is 10.8. The lowest BCUT2D eigenvalue weighted by atomic mass is 9.86. The molecule has 0 atom stereocenters. The van der Waals surface area contributed by atoms with Crippen LogP contribution in [0.3, 0.4) is 0 Å². The van der Waals surface area contributed by atoms with E-state index < -0.39 is 17.5 Å². The summed E-state index contributed by atoms with van der Waals surface area (Å²) in [5.41, 5.74) is 0.0909. The molecule has 1 saturated carbocycles. The second kappa shape index (κ2) is 6.63. The first-order chi connectivity index (χ1) is 9.51. The number of carbonyl (C=O) groups excluding carboxylic acids is 1. The van der Waals surface area contributed by atoms with Crippen LogP contribution in [0.1, 0.15) is 36.0 Å². The number of aliphatic hydroxyl groups excluding tert-OH is 1. The Hall–Kier alpha value is -1.01. The zero-order valence-corrected chi connectivity index (χ0v) is 12.4. The molecule has 0 unspecified atom stereocenters. The van der Waals surface area contributed by atoms with Crippen molar-refractivity contribution in [3.05, 3.63) is 33.8 Å². The van der Waals surface area contributed by atoms with Gasteiger partial charge in [-0.15, -0.1) is 0 Å². The van der Waals surface area contributed by atoms with Gasteiger partial charge in [-0.1, -0.05) is 0 Å². The number of amides is 1. The Kier molecular flexibility index (Phi) is 5.10. The van der Waals surface area contributed by atoms with Crippen LogP contribution in [0.4, 0.5) is 8.78 Å². The van der Waals surface area contributed by atoms with Crippen LogP contribution < -0.4 is 5.32 Å². The van der Waals surface area contributed by atoms with Crippen molar-refractivity contribution in [1.82, 2.24) is 5.32 Å². The Morgan fingerprint density at radius 2 is 1.85 bits per heavy atom. The molecule has 2 rings (SSSR count). The third-order valence-electron chi connectivity index (χ3n) is 3.69. The molecule has 0 aliphatic heterocycles. The summed E-state index contributed by atoms with van der Waals surface area (Å²) in [5, 5.41) is 11.9. The fourth-order valence-electron chi connectivity index (χ4n) is 2.45. The molecule has 6 heteroatoms. The van der Waals surface area contributed by atoms with Crippen LogP contribution in [0.15, 0.2) is 16.6 Å². The molecule has 0 bridgehead atoms. The summed E-state index contributed by atoms with van der Waals surface area (Å²) in [6.07, 6.45) is 3.30. The number of rotatable bonds is 3. The van der Waals surface area contributed by atoms with Crippen LogP contribution in [-0.2, 0) is 0 Å². The zero-order chi connectivity index (χ0) is 14.7. The maximum Gasteiger partial charge on any atom is 0.252 e. The summed E-state index contributed by atoms with van der Waals surface area (Å²) < 4.78 is 26.4. The normalized spacial score (nSPS) is 22.6. The molecule has 0 radical (unpaired) electrons. The molecular weight excluding hydrogens is 332 g/mol. The highest BCUT2D eigenvalue weighted by Crippen LogP contribution is 2.25. The SMILES string of the molecule is O=C(NC1CCC(CO)CC1)c1cc(F)c(F)cc1Br. The van der Waals surface area contributed by atoms with Crippen molar-refractivity contribution in [1.29, 1.82) is 0 Å². The Morgan fingerprint density at radius 1 is 1.25 bits per heavy atom. The van der Waals surface area contributed by atoms with Gasteiger partial charge in [0, 0.05) is 17.1 Å². The van der Waals surface area contributed by atoms with Gasteiger partial charge in [-0.2, -0.15) is 0 Å². The monoisotopic (exact) mass is 347 g/mol. The van der Waals surface area contributed by atoms with Crippen molar-refractivity contribution in [2.24, 2.45) is 5.92 Å². The lowest BCUT2D eigenvalue weighted by molar-refractivity contribution is 0.0912. The fourth-order valence-corrected chi connectivity index (χ4v) is 2.94. The first kappa shape index (κ1) is 15.4. The molecule has 1 aliphatic carbocycles. The highest BCUT2D eigenvalue weighted by atomic mass is 79.9. The van der Waals surface area contributed by atoms with Crippen molar-refractivity contribution in [3.8, 4) is 0 Å². The summed E-state index contributed by atoms with van der Waals surface area (Å²) in [7, 11) is 0. The molecule has 0 aromatic heterocycles. The average Bonchev–Trinajstić information content (AvgIpc) is 2.43. The number of carbonyl (C=O) groups is 1. The van der Waals surface area contributed by atoms with Gasteiger partial charge in [0.25, 0.3) is 5.91 Å². The molecule has 1 amide bonds. The van der Waals surface area contributed by atoms with Gasteiger partial charge in [-0.05, 0) is 59.7 Å². The summed E-state index contributed by atoms with van der Waals surface area (Å²) in [4.78, 5) is 12.1. The van der Waals surface area contributed by atoms with E-state index in [0.29, 0.717) is 5.92 Å². The predicted molar refractivity (Wildman–Crippen MR) is 74.4 cm³/mol. The van der Waals surface area contributed by atoms with Crippen LogP contribution >= 0.6 is 15.9 Å². The lowest BCUT2D eigenvalue weighted by Gasteiger charge is -2.28. The van der Waals surface area contributed by atoms with Crippen LogP contribution in [-0.4, -0.2) is 23.7 Å². The third kappa shape index (κ3) is 3.55. The minimum absolute atomic E-state index is 0.0188. The Balaban J connectivity index is 2.01. The highest BCUT2D eigenvalue weighted by molar-refractivity contribution is 9.10. The van der Waals surface area contributed by atoms with Crippen molar-refractivity contribution in [2.45, 2.75) is 31.7 Å². The molecule has 3 nitrogen and oxygen atoms in total. The smallest absolute Gasteiger partial charge is 0.252 e. The molecule has 0 spiro atoms. The van der Waals surface area contributed by atoms with Gasteiger partial charge in [0.05, 0.1) is 5.56 Å². The van der Waals surface area contributed by atoms with Gasteiger partial charge in [-0.25, -0.2) is 8.78 Å². The Labute approximate surface area is 124 Å². The van der Waals surface area contributed by atoms with Crippen LogP contribution in [0.5, 0.6) is 0 Å². The Morgan fingerprint density at radius 3 is 2.45 bits per heavy atom. The minimum Gasteiger partial charge on any atom is -0.396 e. The van der Waals surface area contributed by atoms with Crippen molar-refractivity contribution in [2.75, 3.05) is 6.61 Å². The number of hydrogen-bond donors (Lipinski definition) is 2. The molecule has 1 aromatic rings. The molecule has 110 valence electrons. The third-order valence-corrected chi connectivity index (χ3v) is 4.35. The molecule has 1 aliphatic rings. The molecular formula is C14H16BrF2NO2. The van der Waals surface area contributed by atoms with Gasteiger partial charge in [0.2, 0.25) is 0 Å². The first-order valence-corrected chi connectivity index (χ1v) is 7.36. The number of nitrogens with one attached hydrogen (secondary N) is 1. The molecule has 1 fully saturated rings. The summed E-state index contributed by atoms with van der Waals surface area (Å²) in [6, 6.07) is 1.87. The van der Waals surface area contributed by atoms with E-state index in [2.05, 4.69) is 21.2 Å². The van der Waals surface area contributed by atoms with E-state index in [1.165, 1.54) is 0 Å². The maximum atomic E-state index is 13.2. The predicted octanol–water partition coefficient (Wildman–Crippen LogP) is 3.01. The Bertz CT molecular complexity index is 502.